The van der Waals surface area contributed by atoms with Crippen LogP contribution in [0.2, 0.25) is 0 Å². The molecular weight excluding hydrogens is 330 g/mol. The van der Waals surface area contributed by atoms with E-state index in [0.717, 1.165) is 11.3 Å². The van der Waals surface area contributed by atoms with Crippen LogP contribution >= 0.6 is 0 Å². The summed E-state index contributed by atoms with van der Waals surface area (Å²) in [6.45, 7) is -0.218. The molecule has 0 unspecified atom stereocenters. The van der Waals surface area contributed by atoms with E-state index in [-0.39, 0.29) is 11.8 Å². The van der Waals surface area contributed by atoms with Crippen molar-refractivity contribution in [2.45, 2.75) is 13.5 Å². The first-order valence-corrected chi connectivity index (χ1v) is 7.70. The predicted octanol–water partition coefficient (Wildman–Crippen LogP) is 4.14. The van der Waals surface area contributed by atoms with Crippen LogP contribution in [0.3, 0.4) is 0 Å². The number of likely N-dealkylation sites (N-methyl/N-ethyl adjacent to an activating group) is 1. The van der Waals surface area contributed by atoms with E-state index in [1.54, 1.807) is 13.1 Å². The van der Waals surface area contributed by atoms with Crippen LogP contribution in [0.15, 0.2) is 48.5 Å². The average molecular weight is 350 g/mol. The van der Waals surface area contributed by atoms with Crippen molar-refractivity contribution >= 4 is 11.7 Å². The molecule has 0 atom stereocenters. The van der Waals surface area contributed by atoms with Crippen LogP contribution in [-0.4, -0.2) is 37.7 Å². The van der Waals surface area contributed by atoms with Crippen LogP contribution in [0.1, 0.15) is 5.56 Å². The molecule has 2 aromatic carbocycles. The van der Waals surface area contributed by atoms with Gasteiger partial charge in [-0.15, -0.1) is 0 Å². The summed E-state index contributed by atoms with van der Waals surface area (Å²) in [6.07, 6.45) is 0. The van der Waals surface area contributed by atoms with Gasteiger partial charge in [0.25, 0.3) is 0 Å². The number of aryl methyl sites for hydroxylation is 1. The van der Waals surface area contributed by atoms with Crippen LogP contribution in [-0.2, 0) is 0 Å². The number of hydrogen-bond donors (Lipinski definition) is 1. The summed E-state index contributed by atoms with van der Waals surface area (Å²) in [5.74, 6) is 0.717. The van der Waals surface area contributed by atoms with Crippen molar-refractivity contribution in [3.8, 4) is 11.5 Å². The van der Waals surface area contributed by atoms with Crippen molar-refractivity contribution in [1.29, 1.82) is 0 Å². The highest BCUT2D eigenvalue weighted by atomic mass is 19.3. The van der Waals surface area contributed by atoms with Gasteiger partial charge in [-0.3, -0.25) is 0 Å². The fraction of sp³-hybridized carbons (Fsp3) is 0.278. The smallest absolute Gasteiger partial charge is 0.387 e. The van der Waals surface area contributed by atoms with Gasteiger partial charge in [-0.1, -0.05) is 23.8 Å². The highest BCUT2D eigenvalue weighted by Crippen LogP contribution is 2.19. The first-order chi connectivity index (χ1) is 11.9. The van der Waals surface area contributed by atoms with Gasteiger partial charge in [0, 0.05) is 18.8 Å². The van der Waals surface area contributed by atoms with E-state index in [0.29, 0.717) is 18.8 Å². The molecule has 0 fully saturated rings. The van der Waals surface area contributed by atoms with Gasteiger partial charge in [-0.2, -0.15) is 8.78 Å². The summed E-state index contributed by atoms with van der Waals surface area (Å²) in [4.78, 5) is 13.5. The molecule has 2 amide bonds. The third kappa shape index (κ3) is 6.29. The summed E-state index contributed by atoms with van der Waals surface area (Å²) in [5, 5.41) is 2.62. The number of nitrogens with one attached hydrogen (secondary N) is 1. The van der Waals surface area contributed by atoms with Crippen LogP contribution in [0.4, 0.5) is 19.3 Å². The number of rotatable bonds is 7. The Bertz CT molecular complexity index is 693. The number of anilines is 1. The summed E-state index contributed by atoms with van der Waals surface area (Å²) < 4.78 is 34.3. The summed E-state index contributed by atoms with van der Waals surface area (Å²) >= 11 is 0. The molecule has 0 saturated carbocycles. The minimum absolute atomic E-state index is 0.0156. The Kier molecular flexibility index (Phi) is 6.56. The van der Waals surface area contributed by atoms with E-state index in [9.17, 15) is 13.6 Å². The lowest BCUT2D eigenvalue weighted by Gasteiger charge is -2.18. The molecule has 7 heteroatoms. The molecule has 134 valence electrons. The highest BCUT2D eigenvalue weighted by molar-refractivity contribution is 5.89. The van der Waals surface area contributed by atoms with Crippen molar-refractivity contribution < 1.29 is 23.0 Å². The number of carbonyl (C=O) groups is 1. The van der Waals surface area contributed by atoms with E-state index < -0.39 is 6.61 Å². The van der Waals surface area contributed by atoms with Crippen LogP contribution in [0.25, 0.3) is 0 Å². The number of nitrogens with zero attached hydrogens (tertiary/aromatic N) is 1. The molecule has 5 nitrogen and oxygen atoms in total. The highest BCUT2D eigenvalue weighted by Gasteiger charge is 2.10. The number of ether oxygens (including phenoxy) is 2. The molecule has 0 spiro atoms. The Morgan fingerprint density at radius 3 is 2.56 bits per heavy atom. The fourth-order valence-corrected chi connectivity index (χ4v) is 2.01. The molecule has 0 aromatic heterocycles. The molecule has 0 heterocycles. The zero-order valence-corrected chi connectivity index (χ0v) is 14.0. The summed E-state index contributed by atoms with van der Waals surface area (Å²) in [6, 6.07) is 13.1. The van der Waals surface area contributed by atoms with Crippen molar-refractivity contribution in [1.82, 2.24) is 4.90 Å². The maximum absolute atomic E-state index is 12.2. The van der Waals surface area contributed by atoms with Crippen molar-refractivity contribution in [3.63, 3.8) is 0 Å². The second-order valence-corrected chi connectivity index (χ2v) is 5.42. The minimum atomic E-state index is -2.91. The first-order valence-electron chi connectivity index (χ1n) is 7.70. The molecule has 0 aliphatic heterocycles. The first kappa shape index (κ1) is 18.5. The monoisotopic (exact) mass is 350 g/mol. The maximum atomic E-state index is 12.2. The topological polar surface area (TPSA) is 50.8 Å². The molecule has 0 saturated heterocycles. The Morgan fingerprint density at radius 2 is 1.88 bits per heavy atom. The minimum Gasteiger partial charge on any atom is -0.492 e. The third-order valence-corrected chi connectivity index (χ3v) is 3.37. The van der Waals surface area contributed by atoms with E-state index in [1.807, 2.05) is 31.2 Å². The van der Waals surface area contributed by atoms with Crippen molar-refractivity contribution in [2.75, 3.05) is 25.5 Å². The lowest BCUT2D eigenvalue weighted by molar-refractivity contribution is -0.0497. The Morgan fingerprint density at radius 1 is 1.16 bits per heavy atom. The molecule has 2 rings (SSSR count). The molecule has 0 aliphatic carbocycles. The third-order valence-electron chi connectivity index (χ3n) is 3.37. The standard InChI is InChI=1S/C18H20F2N2O3/c1-13-6-8-15(9-7-13)24-11-10-22(2)18(23)21-14-4-3-5-16(12-14)25-17(19)20/h3-9,12,17H,10-11H2,1-2H3,(H,21,23). The van der Waals surface area contributed by atoms with E-state index in [1.165, 1.54) is 23.1 Å². The lowest BCUT2D eigenvalue weighted by atomic mass is 10.2. The summed E-state index contributed by atoms with van der Waals surface area (Å²) in [5.41, 5.74) is 1.51. The molecule has 0 aliphatic rings. The summed E-state index contributed by atoms with van der Waals surface area (Å²) in [7, 11) is 1.62. The second-order valence-electron chi connectivity index (χ2n) is 5.42. The molecule has 2 aromatic rings. The molecule has 0 radical (unpaired) electrons. The van der Waals surface area contributed by atoms with E-state index >= 15 is 0 Å². The lowest BCUT2D eigenvalue weighted by Crippen LogP contribution is -2.34. The van der Waals surface area contributed by atoms with Gasteiger partial charge >= 0.3 is 12.6 Å². The largest absolute Gasteiger partial charge is 0.492 e. The SMILES string of the molecule is Cc1ccc(OCCN(C)C(=O)Nc2cccc(OC(F)F)c2)cc1. The van der Waals surface area contributed by atoms with Gasteiger partial charge in [0.1, 0.15) is 18.1 Å². The predicted molar refractivity (Wildman–Crippen MR) is 91.4 cm³/mol. The normalized spacial score (nSPS) is 10.4. The number of amides is 2. The zero-order valence-electron chi connectivity index (χ0n) is 14.0. The number of urea groups is 1. The van der Waals surface area contributed by atoms with E-state index in [4.69, 9.17) is 4.74 Å². The van der Waals surface area contributed by atoms with Gasteiger partial charge < -0.3 is 19.7 Å². The van der Waals surface area contributed by atoms with E-state index in [2.05, 4.69) is 10.1 Å². The van der Waals surface area contributed by atoms with Crippen molar-refractivity contribution in [3.05, 3.63) is 54.1 Å². The number of alkyl halides is 2. The average Bonchev–Trinajstić information content (AvgIpc) is 2.56. The molecule has 1 N–H and O–H groups in total. The second kappa shape index (κ2) is 8.86. The number of carbonyl (C=O) groups excluding carboxylic acids is 1. The number of hydrogen-bond acceptors (Lipinski definition) is 3. The number of benzene rings is 2. The molecule has 25 heavy (non-hydrogen) atoms. The van der Waals surface area contributed by atoms with Gasteiger partial charge in [0.05, 0.1) is 6.54 Å². The van der Waals surface area contributed by atoms with Gasteiger partial charge in [0.2, 0.25) is 0 Å². The van der Waals surface area contributed by atoms with Gasteiger partial charge in [0.15, 0.2) is 0 Å². The Balaban J connectivity index is 1.80. The van der Waals surface area contributed by atoms with Gasteiger partial charge in [-0.25, -0.2) is 4.79 Å². The quantitative estimate of drug-likeness (QED) is 0.816. The Hall–Kier alpha value is -2.83. The number of halogens is 2. The fourth-order valence-electron chi connectivity index (χ4n) is 2.01. The van der Waals surface area contributed by atoms with Crippen molar-refractivity contribution in [2.24, 2.45) is 0 Å². The maximum Gasteiger partial charge on any atom is 0.387 e. The van der Waals surface area contributed by atoms with Crippen LogP contribution in [0.5, 0.6) is 11.5 Å². The molecule has 0 bridgehead atoms. The van der Waals surface area contributed by atoms with Crippen LogP contribution in [0, 0.1) is 6.92 Å². The van der Waals surface area contributed by atoms with Crippen LogP contribution < -0.4 is 14.8 Å². The van der Waals surface area contributed by atoms with Gasteiger partial charge in [-0.05, 0) is 31.2 Å². The Labute approximate surface area is 145 Å². The molecular formula is C18H20F2N2O3. The zero-order chi connectivity index (χ0) is 18.2.